The van der Waals surface area contributed by atoms with Crippen molar-refractivity contribution in [3.63, 3.8) is 0 Å². The average molecular weight is 384 g/mol. The van der Waals surface area contributed by atoms with Gasteiger partial charge in [-0.25, -0.2) is 9.97 Å². The Morgan fingerprint density at radius 1 is 1.26 bits per heavy atom. The predicted molar refractivity (Wildman–Crippen MR) is 92.2 cm³/mol. The first-order valence-electron chi connectivity index (χ1n) is 7.93. The lowest BCUT2D eigenvalue weighted by Gasteiger charge is -2.15. The van der Waals surface area contributed by atoms with E-state index in [4.69, 9.17) is 5.11 Å². The van der Waals surface area contributed by atoms with Gasteiger partial charge in [0.25, 0.3) is 5.91 Å². The summed E-state index contributed by atoms with van der Waals surface area (Å²) in [5.74, 6) is -0.650. The largest absolute Gasteiger partial charge is 0.433 e. The maximum atomic E-state index is 13.1. The minimum atomic E-state index is -4.64. The van der Waals surface area contributed by atoms with E-state index < -0.39 is 30.5 Å². The third-order valence-corrected chi connectivity index (χ3v) is 3.53. The number of nitrogens with zero attached hydrogens (tertiary/aromatic N) is 3. The minimum Gasteiger partial charge on any atom is -0.394 e. The van der Waals surface area contributed by atoms with Crippen molar-refractivity contribution in [2.45, 2.75) is 12.3 Å². The normalized spacial score (nSPS) is 12.6. The molecule has 2 aromatic rings. The Morgan fingerprint density at radius 2 is 1.96 bits per heavy atom. The van der Waals surface area contributed by atoms with Gasteiger partial charge in [-0.1, -0.05) is 12.1 Å². The Hall–Kier alpha value is -2.72. The lowest BCUT2D eigenvalue weighted by atomic mass is 10.1. The van der Waals surface area contributed by atoms with Gasteiger partial charge in [0, 0.05) is 31.8 Å². The molecule has 1 aromatic carbocycles. The standard InChI is InChI=1S/C17H19F3N4O3/c1-24(2)16-22-13(7-14(23-16)17(18,19)20)10-4-3-5-11(6-10)15(27)21-8-12(26)9-25/h3-7,12,25-26H,8-9H2,1-2H3,(H,21,27)/t12-/m1/s1. The number of hydrogen-bond donors (Lipinski definition) is 3. The Bertz CT molecular complexity index is 812. The molecule has 1 aromatic heterocycles. The molecule has 2 rings (SSSR count). The molecular formula is C17H19F3N4O3. The molecule has 10 heteroatoms. The molecule has 7 nitrogen and oxygen atoms in total. The predicted octanol–water partition coefficient (Wildman–Crippen LogP) is 1.31. The molecule has 0 aliphatic rings. The molecule has 0 saturated heterocycles. The third kappa shape index (κ3) is 5.38. The topological polar surface area (TPSA) is 98.6 Å². The fourth-order valence-corrected chi connectivity index (χ4v) is 2.12. The molecule has 0 unspecified atom stereocenters. The van der Waals surface area contributed by atoms with Crippen LogP contribution in [0.2, 0.25) is 0 Å². The number of carbonyl (C=O) groups is 1. The van der Waals surface area contributed by atoms with Crippen molar-refractivity contribution in [1.82, 2.24) is 15.3 Å². The van der Waals surface area contributed by atoms with Crippen molar-refractivity contribution in [1.29, 1.82) is 0 Å². The third-order valence-electron chi connectivity index (χ3n) is 3.53. The van der Waals surface area contributed by atoms with Gasteiger partial charge in [0.1, 0.15) is 0 Å². The van der Waals surface area contributed by atoms with E-state index in [-0.39, 0.29) is 23.8 Å². The minimum absolute atomic E-state index is 0.0195. The quantitative estimate of drug-likeness (QED) is 0.695. The van der Waals surface area contributed by atoms with Gasteiger partial charge < -0.3 is 20.4 Å². The number of rotatable bonds is 6. The second-order valence-corrected chi connectivity index (χ2v) is 5.96. The van der Waals surface area contributed by atoms with Crippen LogP contribution < -0.4 is 10.2 Å². The highest BCUT2D eigenvalue weighted by atomic mass is 19.4. The summed E-state index contributed by atoms with van der Waals surface area (Å²) in [4.78, 5) is 21.1. The van der Waals surface area contributed by atoms with Crippen LogP contribution in [0, 0.1) is 0 Å². The summed E-state index contributed by atoms with van der Waals surface area (Å²) >= 11 is 0. The van der Waals surface area contributed by atoms with E-state index >= 15 is 0 Å². The highest BCUT2D eigenvalue weighted by Crippen LogP contribution is 2.31. The van der Waals surface area contributed by atoms with E-state index in [1.54, 1.807) is 0 Å². The summed E-state index contributed by atoms with van der Waals surface area (Å²) in [6.07, 6.45) is -5.74. The van der Waals surface area contributed by atoms with Crippen LogP contribution in [0.1, 0.15) is 16.1 Å². The highest BCUT2D eigenvalue weighted by Gasteiger charge is 2.34. The van der Waals surface area contributed by atoms with E-state index in [1.807, 2.05) is 0 Å². The molecule has 146 valence electrons. The van der Waals surface area contributed by atoms with Gasteiger partial charge >= 0.3 is 6.18 Å². The number of nitrogens with one attached hydrogen (secondary N) is 1. The maximum absolute atomic E-state index is 13.1. The molecule has 0 saturated carbocycles. The van der Waals surface area contributed by atoms with Gasteiger partial charge in [-0.05, 0) is 18.2 Å². The van der Waals surface area contributed by atoms with Crippen LogP contribution in [-0.2, 0) is 6.18 Å². The molecule has 27 heavy (non-hydrogen) atoms. The number of halogens is 3. The fourth-order valence-electron chi connectivity index (χ4n) is 2.12. The number of carbonyl (C=O) groups excluding carboxylic acids is 1. The van der Waals surface area contributed by atoms with Gasteiger partial charge in [0.05, 0.1) is 18.4 Å². The Morgan fingerprint density at radius 3 is 2.56 bits per heavy atom. The number of amides is 1. The second kappa shape index (κ2) is 8.31. The van der Waals surface area contributed by atoms with E-state index in [9.17, 15) is 23.1 Å². The van der Waals surface area contributed by atoms with Crippen LogP contribution >= 0.6 is 0 Å². The van der Waals surface area contributed by atoms with Gasteiger partial charge in [-0.15, -0.1) is 0 Å². The van der Waals surface area contributed by atoms with E-state index in [2.05, 4.69) is 15.3 Å². The molecule has 0 radical (unpaired) electrons. The summed E-state index contributed by atoms with van der Waals surface area (Å²) in [5.41, 5.74) is -0.583. The molecule has 0 bridgehead atoms. The number of hydrogen-bond acceptors (Lipinski definition) is 6. The SMILES string of the molecule is CN(C)c1nc(-c2cccc(C(=O)NC[C@@H](O)CO)c2)cc(C(F)(F)F)n1. The molecule has 1 atom stereocenters. The first-order chi connectivity index (χ1) is 12.6. The van der Waals surface area contributed by atoms with Crippen LogP contribution in [-0.4, -0.2) is 59.4 Å². The summed E-state index contributed by atoms with van der Waals surface area (Å²) in [7, 11) is 3.05. The molecule has 1 heterocycles. The summed E-state index contributed by atoms with van der Waals surface area (Å²) in [5, 5.41) is 20.5. The average Bonchev–Trinajstić information content (AvgIpc) is 2.64. The molecule has 0 fully saturated rings. The number of aromatic nitrogens is 2. The van der Waals surface area contributed by atoms with Crippen LogP contribution in [0.3, 0.4) is 0 Å². The summed E-state index contributed by atoms with van der Waals surface area (Å²) in [6.45, 7) is -0.662. The van der Waals surface area contributed by atoms with Crippen LogP contribution in [0.25, 0.3) is 11.3 Å². The Kier molecular flexibility index (Phi) is 6.34. The van der Waals surface area contributed by atoms with Crippen molar-refractivity contribution in [2.75, 3.05) is 32.1 Å². The Balaban J connectivity index is 2.38. The summed E-state index contributed by atoms with van der Waals surface area (Å²) < 4.78 is 39.4. The maximum Gasteiger partial charge on any atom is 0.433 e. The van der Waals surface area contributed by atoms with Gasteiger partial charge in [0.2, 0.25) is 5.95 Å². The zero-order chi connectivity index (χ0) is 20.2. The van der Waals surface area contributed by atoms with Crippen LogP contribution in [0.15, 0.2) is 30.3 Å². The van der Waals surface area contributed by atoms with Crippen molar-refractivity contribution >= 4 is 11.9 Å². The molecule has 0 spiro atoms. The van der Waals surface area contributed by atoms with E-state index in [0.717, 1.165) is 6.07 Å². The monoisotopic (exact) mass is 384 g/mol. The molecule has 3 N–H and O–H groups in total. The van der Waals surface area contributed by atoms with Gasteiger partial charge in [-0.3, -0.25) is 4.79 Å². The number of benzene rings is 1. The van der Waals surface area contributed by atoms with Crippen molar-refractivity contribution in [3.8, 4) is 11.3 Å². The summed E-state index contributed by atoms with van der Waals surface area (Å²) in [6, 6.07) is 6.73. The first-order valence-corrected chi connectivity index (χ1v) is 7.93. The highest BCUT2D eigenvalue weighted by molar-refractivity contribution is 5.95. The smallest absolute Gasteiger partial charge is 0.394 e. The molecule has 1 amide bonds. The molecule has 0 aliphatic carbocycles. The van der Waals surface area contributed by atoms with Crippen LogP contribution in [0.4, 0.5) is 19.1 Å². The zero-order valence-electron chi connectivity index (χ0n) is 14.7. The lowest BCUT2D eigenvalue weighted by molar-refractivity contribution is -0.141. The lowest BCUT2D eigenvalue weighted by Crippen LogP contribution is -2.33. The van der Waals surface area contributed by atoms with E-state index in [1.165, 1.54) is 43.3 Å². The molecule has 0 aliphatic heterocycles. The number of anilines is 1. The number of aliphatic hydroxyl groups is 2. The van der Waals surface area contributed by atoms with Crippen LogP contribution in [0.5, 0.6) is 0 Å². The van der Waals surface area contributed by atoms with Crippen molar-refractivity contribution < 1.29 is 28.2 Å². The second-order valence-electron chi connectivity index (χ2n) is 5.96. The molecular weight excluding hydrogens is 365 g/mol. The fraction of sp³-hybridized carbons (Fsp3) is 0.353. The Labute approximate surface area is 153 Å². The van der Waals surface area contributed by atoms with Gasteiger partial charge in [0.15, 0.2) is 5.69 Å². The van der Waals surface area contributed by atoms with Gasteiger partial charge in [-0.2, -0.15) is 13.2 Å². The van der Waals surface area contributed by atoms with Crippen molar-refractivity contribution in [2.24, 2.45) is 0 Å². The first kappa shape index (κ1) is 20.6. The zero-order valence-corrected chi connectivity index (χ0v) is 14.7. The number of alkyl halides is 3. The number of aliphatic hydroxyl groups excluding tert-OH is 2. The van der Waals surface area contributed by atoms with E-state index in [0.29, 0.717) is 5.56 Å². The van der Waals surface area contributed by atoms with Crippen molar-refractivity contribution in [3.05, 3.63) is 41.6 Å².